The third kappa shape index (κ3) is 1.83. The Hall–Kier alpha value is -0.630. The molecule has 3 fully saturated rings. The number of fused-ring (bicyclic) bond motifs is 3. The molecule has 0 aromatic rings. The first-order valence-electron chi connectivity index (χ1n) is 5.25. The maximum atomic E-state index is 11.3. The van der Waals surface area contributed by atoms with E-state index in [4.69, 9.17) is 0 Å². The fourth-order valence-corrected chi connectivity index (χ4v) is 2.32. The Morgan fingerprint density at radius 1 is 1.54 bits per heavy atom. The third-order valence-corrected chi connectivity index (χ3v) is 3.21. The highest BCUT2D eigenvalue weighted by Gasteiger charge is 2.29. The molecule has 0 unspecified atom stereocenters. The lowest BCUT2D eigenvalue weighted by Gasteiger charge is -2.40. The minimum Gasteiger partial charge on any atom is -0.299 e. The zero-order chi connectivity index (χ0) is 9.26. The van der Waals surface area contributed by atoms with E-state index in [1.807, 2.05) is 13.0 Å². The molecule has 0 atom stereocenters. The summed E-state index contributed by atoms with van der Waals surface area (Å²) in [4.78, 5) is 13.7. The van der Waals surface area contributed by atoms with E-state index < -0.39 is 0 Å². The largest absolute Gasteiger partial charge is 0.299 e. The number of hydrogen-bond acceptors (Lipinski definition) is 2. The fraction of sp³-hybridized carbons (Fsp3) is 0.727. The van der Waals surface area contributed by atoms with Crippen molar-refractivity contribution in [2.75, 3.05) is 19.6 Å². The van der Waals surface area contributed by atoms with E-state index >= 15 is 0 Å². The Labute approximate surface area is 79.6 Å². The van der Waals surface area contributed by atoms with Crippen LogP contribution in [-0.4, -0.2) is 30.3 Å². The SMILES string of the molecule is CCC(=O)/C=C1/CN2CCC1CC2. The molecule has 0 saturated carbocycles. The maximum absolute atomic E-state index is 11.3. The van der Waals surface area contributed by atoms with E-state index in [9.17, 15) is 4.79 Å². The van der Waals surface area contributed by atoms with Crippen LogP contribution in [0.4, 0.5) is 0 Å². The van der Waals surface area contributed by atoms with E-state index in [2.05, 4.69) is 4.90 Å². The Morgan fingerprint density at radius 3 is 2.69 bits per heavy atom. The summed E-state index contributed by atoms with van der Waals surface area (Å²) in [5, 5.41) is 0. The molecule has 0 aromatic heterocycles. The lowest BCUT2D eigenvalue weighted by Crippen LogP contribution is -2.43. The zero-order valence-electron chi connectivity index (χ0n) is 8.25. The van der Waals surface area contributed by atoms with Crippen LogP contribution in [0.3, 0.4) is 0 Å². The summed E-state index contributed by atoms with van der Waals surface area (Å²) in [5.41, 5.74) is 1.39. The molecule has 13 heavy (non-hydrogen) atoms. The smallest absolute Gasteiger partial charge is 0.155 e. The van der Waals surface area contributed by atoms with Gasteiger partial charge in [-0.1, -0.05) is 6.92 Å². The number of carbonyl (C=O) groups is 1. The highest BCUT2D eigenvalue weighted by atomic mass is 16.1. The standard InChI is InChI=1S/C11H17NO/c1-2-11(13)7-10-8-12-5-3-9(10)4-6-12/h7,9H,2-6,8H2,1H3/b10-7-. The molecule has 0 aliphatic carbocycles. The van der Waals surface area contributed by atoms with Crippen molar-refractivity contribution in [2.45, 2.75) is 26.2 Å². The van der Waals surface area contributed by atoms with Crippen molar-refractivity contribution in [1.82, 2.24) is 4.90 Å². The zero-order valence-corrected chi connectivity index (χ0v) is 8.25. The van der Waals surface area contributed by atoms with Crippen molar-refractivity contribution in [3.05, 3.63) is 11.6 Å². The van der Waals surface area contributed by atoms with Crippen molar-refractivity contribution >= 4 is 5.78 Å². The summed E-state index contributed by atoms with van der Waals surface area (Å²) >= 11 is 0. The second kappa shape index (κ2) is 3.62. The summed E-state index contributed by atoms with van der Waals surface area (Å²) < 4.78 is 0. The average molecular weight is 179 g/mol. The predicted octanol–water partition coefficient (Wildman–Crippen LogP) is 1.62. The molecule has 2 bridgehead atoms. The van der Waals surface area contributed by atoms with Gasteiger partial charge in [0.1, 0.15) is 0 Å². The summed E-state index contributed by atoms with van der Waals surface area (Å²) in [7, 11) is 0. The van der Waals surface area contributed by atoms with Crippen LogP contribution in [0.1, 0.15) is 26.2 Å². The molecular weight excluding hydrogens is 162 g/mol. The Morgan fingerprint density at radius 2 is 2.23 bits per heavy atom. The lowest BCUT2D eigenvalue weighted by atomic mass is 9.83. The van der Waals surface area contributed by atoms with Crippen LogP contribution in [-0.2, 0) is 4.79 Å². The number of piperidine rings is 3. The second-order valence-corrected chi connectivity index (χ2v) is 4.09. The van der Waals surface area contributed by atoms with Gasteiger partial charge in [0.15, 0.2) is 5.78 Å². The monoisotopic (exact) mass is 179 g/mol. The number of ketones is 1. The van der Waals surface area contributed by atoms with Gasteiger partial charge < -0.3 is 0 Å². The molecule has 2 nitrogen and oxygen atoms in total. The fourth-order valence-electron chi connectivity index (χ4n) is 2.32. The van der Waals surface area contributed by atoms with Gasteiger partial charge in [0.25, 0.3) is 0 Å². The minimum atomic E-state index is 0.295. The molecule has 3 rings (SSSR count). The van der Waals surface area contributed by atoms with Gasteiger partial charge in [-0.2, -0.15) is 0 Å². The normalized spacial score (nSPS) is 35.3. The van der Waals surface area contributed by atoms with Crippen LogP contribution in [0.15, 0.2) is 11.6 Å². The van der Waals surface area contributed by atoms with Gasteiger partial charge in [-0.05, 0) is 43.5 Å². The number of hydrogen-bond donors (Lipinski definition) is 0. The molecule has 0 radical (unpaired) electrons. The quantitative estimate of drug-likeness (QED) is 0.600. The summed E-state index contributed by atoms with van der Waals surface area (Å²) in [6, 6.07) is 0. The van der Waals surface area contributed by atoms with E-state index in [1.165, 1.54) is 31.5 Å². The molecule has 2 heteroatoms. The number of rotatable bonds is 2. The van der Waals surface area contributed by atoms with Gasteiger partial charge in [0, 0.05) is 13.0 Å². The van der Waals surface area contributed by atoms with Crippen LogP contribution in [0, 0.1) is 5.92 Å². The summed E-state index contributed by atoms with van der Waals surface area (Å²) in [5.74, 6) is 1.02. The van der Waals surface area contributed by atoms with Crippen molar-refractivity contribution in [3.8, 4) is 0 Å². The minimum absolute atomic E-state index is 0.295. The van der Waals surface area contributed by atoms with Crippen molar-refractivity contribution in [1.29, 1.82) is 0 Å². The molecule has 3 heterocycles. The van der Waals surface area contributed by atoms with Gasteiger partial charge in [-0.15, -0.1) is 0 Å². The van der Waals surface area contributed by atoms with E-state index in [1.54, 1.807) is 0 Å². The summed E-state index contributed by atoms with van der Waals surface area (Å²) in [6.45, 7) is 5.46. The number of carbonyl (C=O) groups excluding carboxylic acids is 1. The van der Waals surface area contributed by atoms with Crippen LogP contribution < -0.4 is 0 Å². The van der Waals surface area contributed by atoms with Gasteiger partial charge in [0.05, 0.1) is 0 Å². The molecule has 3 aliphatic heterocycles. The van der Waals surface area contributed by atoms with Crippen molar-refractivity contribution < 1.29 is 4.79 Å². The predicted molar refractivity (Wildman–Crippen MR) is 52.5 cm³/mol. The average Bonchev–Trinajstić information content (AvgIpc) is 2.19. The molecule has 0 spiro atoms. The first-order chi connectivity index (χ1) is 6.29. The molecule has 0 amide bonds. The first-order valence-corrected chi connectivity index (χ1v) is 5.25. The molecule has 72 valence electrons. The van der Waals surface area contributed by atoms with Gasteiger partial charge in [-0.25, -0.2) is 0 Å². The van der Waals surface area contributed by atoms with E-state index in [0.29, 0.717) is 12.2 Å². The van der Waals surface area contributed by atoms with Gasteiger partial charge in [0.2, 0.25) is 0 Å². The van der Waals surface area contributed by atoms with Crippen molar-refractivity contribution in [3.63, 3.8) is 0 Å². The van der Waals surface area contributed by atoms with Gasteiger partial charge >= 0.3 is 0 Å². The second-order valence-electron chi connectivity index (χ2n) is 4.09. The lowest BCUT2D eigenvalue weighted by molar-refractivity contribution is -0.114. The van der Waals surface area contributed by atoms with Crippen LogP contribution in [0.2, 0.25) is 0 Å². The highest BCUT2D eigenvalue weighted by Crippen LogP contribution is 2.31. The third-order valence-electron chi connectivity index (χ3n) is 3.21. The van der Waals surface area contributed by atoms with Gasteiger partial charge in [-0.3, -0.25) is 9.69 Å². The van der Waals surface area contributed by atoms with Crippen LogP contribution in [0.25, 0.3) is 0 Å². The molecule has 3 saturated heterocycles. The Balaban J connectivity index is 2.08. The molecular formula is C11H17NO. The van der Waals surface area contributed by atoms with Crippen molar-refractivity contribution in [2.24, 2.45) is 5.92 Å². The van der Waals surface area contributed by atoms with Crippen LogP contribution in [0.5, 0.6) is 0 Å². The Bertz CT molecular complexity index is 236. The topological polar surface area (TPSA) is 20.3 Å². The molecule has 3 aliphatic rings. The molecule has 0 N–H and O–H groups in total. The number of nitrogens with zero attached hydrogens (tertiary/aromatic N) is 1. The highest BCUT2D eigenvalue weighted by molar-refractivity contribution is 5.90. The first kappa shape index (κ1) is 8.95. The van der Waals surface area contributed by atoms with E-state index in [-0.39, 0.29) is 0 Å². The van der Waals surface area contributed by atoms with E-state index in [0.717, 1.165) is 12.5 Å². The summed E-state index contributed by atoms with van der Waals surface area (Å²) in [6.07, 6.45) is 5.08. The molecule has 0 aromatic carbocycles. The van der Waals surface area contributed by atoms with Crippen LogP contribution >= 0.6 is 0 Å². The maximum Gasteiger partial charge on any atom is 0.155 e. The Kier molecular flexibility index (Phi) is 2.49. The number of allylic oxidation sites excluding steroid dienone is 1.